The van der Waals surface area contributed by atoms with Crippen molar-refractivity contribution in [2.24, 2.45) is 0 Å². The summed E-state index contributed by atoms with van der Waals surface area (Å²) in [6.45, 7) is 0.909. The molecule has 3 rings (SSSR count). The standard InChI is InChI=1S/C14H14ClF2N5O/c15-10-13(22-6-5-19-7-9(22)11(16)17)20-12(21-14(10)23)8-1-3-18-4-2-8/h1-4,9,11,19H,5-7H2,(H,20,21,23)/t9-/m0/s1. The first-order valence-corrected chi connectivity index (χ1v) is 7.41. The van der Waals surface area contributed by atoms with Gasteiger partial charge < -0.3 is 15.2 Å². The molecule has 23 heavy (non-hydrogen) atoms. The smallest absolute Gasteiger partial charge is 0.272 e. The van der Waals surface area contributed by atoms with Gasteiger partial charge in [0.05, 0.1) is 0 Å². The third-order valence-corrected chi connectivity index (χ3v) is 3.99. The minimum absolute atomic E-state index is 0.0778. The molecule has 1 aliphatic heterocycles. The van der Waals surface area contributed by atoms with Crippen LogP contribution < -0.4 is 15.8 Å². The zero-order valence-corrected chi connectivity index (χ0v) is 12.7. The van der Waals surface area contributed by atoms with Crippen LogP contribution in [0.25, 0.3) is 11.4 Å². The van der Waals surface area contributed by atoms with Crippen LogP contribution in [0.15, 0.2) is 29.3 Å². The molecule has 9 heteroatoms. The molecule has 0 spiro atoms. The Labute approximate surface area is 135 Å². The molecule has 1 aliphatic rings. The van der Waals surface area contributed by atoms with Gasteiger partial charge in [-0.2, -0.15) is 0 Å². The molecule has 0 amide bonds. The largest absolute Gasteiger partial charge is 0.344 e. The van der Waals surface area contributed by atoms with Crippen LogP contribution in [0.1, 0.15) is 0 Å². The number of anilines is 1. The number of hydrogen-bond acceptors (Lipinski definition) is 5. The fourth-order valence-electron chi connectivity index (χ4n) is 2.50. The first-order valence-electron chi connectivity index (χ1n) is 7.03. The summed E-state index contributed by atoms with van der Waals surface area (Å²) in [7, 11) is 0. The van der Waals surface area contributed by atoms with Crippen molar-refractivity contribution in [2.75, 3.05) is 24.5 Å². The van der Waals surface area contributed by atoms with Gasteiger partial charge in [-0.15, -0.1) is 0 Å². The van der Waals surface area contributed by atoms with Gasteiger partial charge in [0, 0.05) is 37.6 Å². The lowest BCUT2D eigenvalue weighted by atomic mass is 10.2. The van der Waals surface area contributed by atoms with Crippen LogP contribution in [-0.2, 0) is 0 Å². The molecule has 0 aromatic carbocycles. The fraction of sp³-hybridized carbons (Fsp3) is 0.357. The second-order valence-corrected chi connectivity index (χ2v) is 5.47. The summed E-state index contributed by atoms with van der Waals surface area (Å²) in [6.07, 6.45) is 0.525. The van der Waals surface area contributed by atoms with Crippen LogP contribution in [0, 0.1) is 0 Å². The van der Waals surface area contributed by atoms with Crippen molar-refractivity contribution in [3.8, 4) is 11.4 Å². The Morgan fingerprint density at radius 1 is 1.35 bits per heavy atom. The van der Waals surface area contributed by atoms with E-state index >= 15 is 0 Å². The first-order chi connectivity index (χ1) is 11.1. The molecule has 0 radical (unpaired) electrons. The average Bonchev–Trinajstić information content (AvgIpc) is 2.58. The molecule has 122 valence electrons. The molecule has 6 nitrogen and oxygen atoms in total. The number of nitrogens with one attached hydrogen (secondary N) is 2. The van der Waals surface area contributed by atoms with Gasteiger partial charge in [-0.1, -0.05) is 11.6 Å². The van der Waals surface area contributed by atoms with Crippen molar-refractivity contribution in [1.29, 1.82) is 0 Å². The summed E-state index contributed by atoms with van der Waals surface area (Å²) in [4.78, 5) is 24.2. The van der Waals surface area contributed by atoms with Crippen LogP contribution >= 0.6 is 11.6 Å². The maximum absolute atomic E-state index is 13.3. The molecule has 1 fully saturated rings. The predicted molar refractivity (Wildman–Crippen MR) is 83.1 cm³/mol. The summed E-state index contributed by atoms with van der Waals surface area (Å²) in [5.41, 5.74) is 0.0637. The number of aromatic nitrogens is 3. The van der Waals surface area contributed by atoms with Crippen LogP contribution in [0.5, 0.6) is 0 Å². The number of pyridine rings is 1. The van der Waals surface area contributed by atoms with Gasteiger partial charge in [-0.25, -0.2) is 13.8 Å². The van der Waals surface area contributed by atoms with E-state index in [0.29, 0.717) is 18.7 Å². The van der Waals surface area contributed by atoms with Gasteiger partial charge in [0.1, 0.15) is 16.9 Å². The van der Waals surface area contributed by atoms with Gasteiger partial charge in [0.2, 0.25) is 0 Å². The van der Waals surface area contributed by atoms with Crippen molar-refractivity contribution >= 4 is 17.4 Å². The monoisotopic (exact) mass is 341 g/mol. The van der Waals surface area contributed by atoms with E-state index in [-0.39, 0.29) is 23.2 Å². The molecule has 2 aromatic heterocycles. The number of alkyl halides is 2. The van der Waals surface area contributed by atoms with E-state index in [0.717, 1.165) is 0 Å². The molecular formula is C14H14ClF2N5O. The Bertz CT molecular complexity index is 740. The molecule has 3 heterocycles. The molecule has 2 N–H and O–H groups in total. The second kappa shape index (κ2) is 6.59. The van der Waals surface area contributed by atoms with Crippen molar-refractivity contribution in [2.45, 2.75) is 12.5 Å². The summed E-state index contributed by atoms with van der Waals surface area (Å²) in [5, 5.41) is 2.72. The molecule has 1 atom stereocenters. The highest BCUT2D eigenvalue weighted by Crippen LogP contribution is 2.27. The van der Waals surface area contributed by atoms with Gasteiger partial charge in [-0.05, 0) is 12.1 Å². The summed E-state index contributed by atoms with van der Waals surface area (Å²) >= 11 is 6.03. The number of H-pyrrole nitrogens is 1. The Morgan fingerprint density at radius 3 is 2.78 bits per heavy atom. The zero-order chi connectivity index (χ0) is 16.4. The van der Waals surface area contributed by atoms with Gasteiger partial charge in [0.15, 0.2) is 5.82 Å². The number of aromatic amines is 1. The molecule has 0 bridgehead atoms. The highest BCUT2D eigenvalue weighted by Gasteiger charge is 2.33. The Morgan fingerprint density at radius 2 is 2.09 bits per heavy atom. The number of rotatable bonds is 3. The quantitative estimate of drug-likeness (QED) is 0.885. The third-order valence-electron chi connectivity index (χ3n) is 3.65. The van der Waals surface area contributed by atoms with Crippen LogP contribution in [0.2, 0.25) is 5.02 Å². The van der Waals surface area contributed by atoms with Crippen LogP contribution in [0.3, 0.4) is 0 Å². The van der Waals surface area contributed by atoms with Crippen LogP contribution in [0.4, 0.5) is 14.6 Å². The molecular weight excluding hydrogens is 328 g/mol. The van der Waals surface area contributed by atoms with E-state index in [1.807, 2.05) is 0 Å². The molecule has 2 aromatic rings. The maximum Gasteiger partial charge on any atom is 0.272 e. The molecule has 1 saturated heterocycles. The molecule has 0 aliphatic carbocycles. The average molecular weight is 342 g/mol. The van der Waals surface area contributed by atoms with Crippen molar-refractivity contribution in [1.82, 2.24) is 20.3 Å². The number of hydrogen-bond donors (Lipinski definition) is 2. The highest BCUT2D eigenvalue weighted by atomic mass is 35.5. The van der Waals surface area contributed by atoms with Crippen LogP contribution in [-0.4, -0.2) is 47.1 Å². The first kappa shape index (κ1) is 15.8. The number of piperazine rings is 1. The number of halogens is 3. The predicted octanol–water partition coefficient (Wildman–Crippen LogP) is 1.53. The maximum atomic E-state index is 13.3. The zero-order valence-electron chi connectivity index (χ0n) is 12.0. The third kappa shape index (κ3) is 3.18. The fourth-order valence-corrected chi connectivity index (χ4v) is 2.70. The minimum Gasteiger partial charge on any atom is -0.344 e. The lowest BCUT2D eigenvalue weighted by molar-refractivity contribution is 0.105. The van der Waals surface area contributed by atoms with E-state index in [1.54, 1.807) is 24.5 Å². The lowest BCUT2D eigenvalue weighted by Gasteiger charge is -2.36. The Hall–Kier alpha value is -2.06. The van der Waals surface area contributed by atoms with E-state index < -0.39 is 18.0 Å². The molecule has 0 unspecified atom stereocenters. The lowest BCUT2D eigenvalue weighted by Crippen LogP contribution is -2.55. The van der Waals surface area contributed by atoms with E-state index in [1.165, 1.54) is 4.90 Å². The summed E-state index contributed by atoms with van der Waals surface area (Å²) in [6, 6.07) is 2.25. The van der Waals surface area contributed by atoms with E-state index in [9.17, 15) is 13.6 Å². The van der Waals surface area contributed by atoms with Gasteiger partial charge in [-0.3, -0.25) is 9.78 Å². The van der Waals surface area contributed by atoms with Crippen molar-refractivity contribution in [3.63, 3.8) is 0 Å². The molecule has 0 saturated carbocycles. The van der Waals surface area contributed by atoms with Crippen molar-refractivity contribution < 1.29 is 8.78 Å². The van der Waals surface area contributed by atoms with E-state index in [4.69, 9.17) is 11.6 Å². The summed E-state index contributed by atoms with van der Waals surface area (Å²) < 4.78 is 26.5. The topological polar surface area (TPSA) is 73.9 Å². The van der Waals surface area contributed by atoms with Gasteiger partial charge in [0.25, 0.3) is 12.0 Å². The normalized spacial score (nSPS) is 18.4. The SMILES string of the molecule is O=c1[nH]c(-c2ccncc2)nc(N2CCNC[C@H]2C(F)F)c1Cl. The Kier molecular flexibility index (Phi) is 4.53. The Balaban J connectivity index is 2.08. The van der Waals surface area contributed by atoms with Gasteiger partial charge >= 0.3 is 0 Å². The van der Waals surface area contributed by atoms with E-state index in [2.05, 4.69) is 20.3 Å². The number of nitrogens with zero attached hydrogens (tertiary/aromatic N) is 3. The van der Waals surface area contributed by atoms with Crippen molar-refractivity contribution in [3.05, 3.63) is 39.9 Å². The highest BCUT2D eigenvalue weighted by molar-refractivity contribution is 6.32. The summed E-state index contributed by atoms with van der Waals surface area (Å²) in [5.74, 6) is 0.345. The second-order valence-electron chi connectivity index (χ2n) is 5.09. The minimum atomic E-state index is -2.58.